The first kappa shape index (κ1) is 35.8. The van der Waals surface area contributed by atoms with E-state index in [-0.39, 0.29) is 30.4 Å². The van der Waals surface area contributed by atoms with Crippen LogP contribution in [0.2, 0.25) is 0 Å². The molecule has 0 saturated carbocycles. The van der Waals surface area contributed by atoms with Crippen molar-refractivity contribution in [2.45, 2.75) is 38.8 Å². The number of hydrogen-bond acceptors (Lipinski definition) is 6. The zero-order valence-corrected chi connectivity index (χ0v) is 28.6. The summed E-state index contributed by atoms with van der Waals surface area (Å²) in [6, 6.07) is 33.9. The number of carbonyl (C=O) groups is 4. The number of amides is 4. The van der Waals surface area contributed by atoms with Crippen molar-refractivity contribution >= 4 is 35.2 Å². The number of rotatable bonds is 9. The molecular formula is C40H45N5O5. The van der Waals surface area contributed by atoms with Crippen LogP contribution in [0.5, 0.6) is 0 Å². The summed E-state index contributed by atoms with van der Waals surface area (Å²) in [5.41, 5.74) is 10.2. The smallest absolute Gasteiger partial charge is 0.337 e. The third-order valence-electron chi connectivity index (χ3n) is 8.87. The standard InChI is InChI=1S/C20H23N3O2.C20H22N2O3/c21-14-19(24)17-10-8-16(9-11-17)15-23(18-6-2-1-3-7-18)20(25)22-12-4-5-13-22;1-25-19(23)17-11-9-16(10-12-17)15-22(18-7-3-2-4-8-18)20(24)21-13-5-6-14-21/h1-3,6-11H,4-5,12-15,21H2;2-4,7-12H,5-6,13-15H2,1H3. The van der Waals surface area contributed by atoms with Gasteiger partial charge in [-0.2, -0.15) is 0 Å². The Morgan fingerprint density at radius 1 is 0.580 bits per heavy atom. The maximum absolute atomic E-state index is 13.0. The largest absolute Gasteiger partial charge is 0.465 e. The molecule has 0 aromatic heterocycles. The summed E-state index contributed by atoms with van der Waals surface area (Å²) in [6.45, 7) is 4.17. The lowest BCUT2D eigenvalue weighted by Gasteiger charge is -2.28. The molecule has 10 heteroatoms. The zero-order chi connectivity index (χ0) is 35.3. The Balaban J connectivity index is 0.000000194. The molecule has 2 aliphatic heterocycles. The third kappa shape index (κ3) is 9.35. The number of Topliss-reactive ketones (excluding diaryl/α,β-unsaturated/α-hetero) is 1. The molecule has 4 amide bonds. The minimum absolute atomic E-state index is 0.00291. The highest BCUT2D eigenvalue weighted by atomic mass is 16.5. The number of nitrogens with two attached hydrogens (primary N) is 1. The third-order valence-corrected chi connectivity index (χ3v) is 8.87. The van der Waals surface area contributed by atoms with Gasteiger partial charge in [0.2, 0.25) is 0 Å². The second kappa shape index (κ2) is 17.8. The number of methoxy groups -OCH3 is 1. The Labute approximate surface area is 294 Å². The minimum Gasteiger partial charge on any atom is -0.465 e. The molecule has 4 aromatic rings. The molecular weight excluding hydrogens is 630 g/mol. The number of carbonyl (C=O) groups excluding carboxylic acids is 4. The van der Waals surface area contributed by atoms with Crippen molar-refractivity contribution in [2.75, 3.05) is 49.6 Å². The number of ketones is 1. The van der Waals surface area contributed by atoms with E-state index in [1.54, 1.807) is 34.1 Å². The predicted molar refractivity (Wildman–Crippen MR) is 195 cm³/mol. The first-order valence-electron chi connectivity index (χ1n) is 17.1. The highest BCUT2D eigenvalue weighted by Gasteiger charge is 2.26. The molecule has 0 spiro atoms. The second-order valence-electron chi connectivity index (χ2n) is 12.3. The van der Waals surface area contributed by atoms with E-state index in [4.69, 9.17) is 10.5 Å². The molecule has 2 aliphatic rings. The number of anilines is 2. The van der Waals surface area contributed by atoms with Gasteiger partial charge in [0.25, 0.3) is 0 Å². The van der Waals surface area contributed by atoms with Crippen LogP contribution in [0.4, 0.5) is 21.0 Å². The number of hydrogen-bond donors (Lipinski definition) is 1. The Hall–Kier alpha value is -5.48. The van der Waals surface area contributed by atoms with Crippen molar-refractivity contribution in [3.05, 3.63) is 131 Å². The number of ether oxygens (including phenoxy) is 1. The Morgan fingerprint density at radius 2 is 0.960 bits per heavy atom. The number of urea groups is 2. The first-order chi connectivity index (χ1) is 24.4. The molecule has 2 fully saturated rings. The summed E-state index contributed by atoms with van der Waals surface area (Å²) in [7, 11) is 1.36. The van der Waals surface area contributed by atoms with Crippen LogP contribution in [-0.2, 0) is 17.8 Å². The van der Waals surface area contributed by atoms with Gasteiger partial charge in [-0.1, -0.05) is 72.8 Å². The fourth-order valence-electron chi connectivity index (χ4n) is 6.06. The van der Waals surface area contributed by atoms with E-state index in [2.05, 4.69) is 0 Å². The van der Waals surface area contributed by atoms with Gasteiger partial charge in [-0.05, 0) is 73.2 Å². The van der Waals surface area contributed by atoms with Crippen LogP contribution >= 0.6 is 0 Å². The average molecular weight is 676 g/mol. The lowest BCUT2D eigenvalue weighted by Crippen LogP contribution is -2.41. The molecule has 2 saturated heterocycles. The fourth-order valence-corrected chi connectivity index (χ4v) is 6.06. The molecule has 0 atom stereocenters. The molecule has 0 unspecified atom stereocenters. The quantitative estimate of drug-likeness (QED) is 0.155. The molecule has 2 N–H and O–H groups in total. The van der Waals surface area contributed by atoms with Gasteiger partial charge in [0.1, 0.15) is 0 Å². The van der Waals surface area contributed by atoms with Gasteiger partial charge < -0.3 is 20.3 Å². The molecule has 6 rings (SSSR count). The van der Waals surface area contributed by atoms with Crippen molar-refractivity contribution in [3.8, 4) is 0 Å². The number of likely N-dealkylation sites (tertiary alicyclic amines) is 2. The molecule has 260 valence electrons. The molecule has 4 aromatic carbocycles. The van der Waals surface area contributed by atoms with Crippen LogP contribution in [0.1, 0.15) is 57.5 Å². The van der Waals surface area contributed by atoms with E-state index in [1.807, 2.05) is 94.7 Å². The molecule has 0 bridgehead atoms. The maximum atomic E-state index is 13.0. The Kier molecular flexibility index (Phi) is 12.7. The van der Waals surface area contributed by atoms with Gasteiger partial charge >= 0.3 is 18.0 Å². The molecule has 0 radical (unpaired) electrons. The summed E-state index contributed by atoms with van der Waals surface area (Å²) < 4.78 is 4.72. The van der Waals surface area contributed by atoms with Crippen LogP contribution in [0.15, 0.2) is 109 Å². The van der Waals surface area contributed by atoms with Gasteiger partial charge in [-0.3, -0.25) is 14.6 Å². The van der Waals surface area contributed by atoms with E-state index in [0.29, 0.717) is 24.2 Å². The lowest BCUT2D eigenvalue weighted by atomic mass is 10.1. The van der Waals surface area contributed by atoms with Crippen molar-refractivity contribution in [2.24, 2.45) is 5.73 Å². The van der Waals surface area contributed by atoms with E-state index in [0.717, 1.165) is 74.4 Å². The SMILES string of the molecule is COC(=O)c1ccc(CN(C(=O)N2CCCC2)c2ccccc2)cc1.NCC(=O)c1ccc(CN(C(=O)N2CCCC2)c2ccccc2)cc1. The van der Waals surface area contributed by atoms with Crippen molar-refractivity contribution in [1.82, 2.24) is 9.80 Å². The molecule has 50 heavy (non-hydrogen) atoms. The summed E-state index contributed by atoms with van der Waals surface area (Å²) in [5.74, 6) is -0.445. The maximum Gasteiger partial charge on any atom is 0.337 e. The lowest BCUT2D eigenvalue weighted by molar-refractivity contribution is 0.0600. The second-order valence-corrected chi connectivity index (χ2v) is 12.3. The number of nitrogens with zero attached hydrogens (tertiary/aromatic N) is 4. The van der Waals surface area contributed by atoms with Gasteiger partial charge in [0.15, 0.2) is 5.78 Å². The topological polar surface area (TPSA) is 116 Å². The van der Waals surface area contributed by atoms with Crippen molar-refractivity contribution in [1.29, 1.82) is 0 Å². The number of para-hydroxylation sites is 2. The zero-order valence-electron chi connectivity index (χ0n) is 28.6. The van der Waals surface area contributed by atoms with Gasteiger partial charge in [0.05, 0.1) is 32.3 Å². The van der Waals surface area contributed by atoms with Crippen molar-refractivity contribution < 1.29 is 23.9 Å². The number of esters is 1. The predicted octanol–water partition coefficient (Wildman–Crippen LogP) is 6.75. The number of benzene rings is 4. The first-order valence-corrected chi connectivity index (χ1v) is 17.1. The molecule has 0 aliphatic carbocycles. The fraction of sp³-hybridized carbons (Fsp3) is 0.300. The minimum atomic E-state index is -0.361. The Morgan fingerprint density at radius 3 is 1.32 bits per heavy atom. The van der Waals surface area contributed by atoms with E-state index >= 15 is 0 Å². The van der Waals surface area contributed by atoms with Crippen LogP contribution in [-0.4, -0.2) is 73.4 Å². The highest BCUT2D eigenvalue weighted by molar-refractivity contribution is 5.97. The highest BCUT2D eigenvalue weighted by Crippen LogP contribution is 2.23. The van der Waals surface area contributed by atoms with Gasteiger partial charge in [0, 0.05) is 43.1 Å². The van der Waals surface area contributed by atoms with Crippen LogP contribution in [0, 0.1) is 0 Å². The summed E-state index contributed by atoms with van der Waals surface area (Å²) >= 11 is 0. The van der Waals surface area contributed by atoms with Gasteiger partial charge in [-0.25, -0.2) is 14.4 Å². The summed E-state index contributed by atoms with van der Waals surface area (Å²) in [5, 5.41) is 0. The molecule has 10 nitrogen and oxygen atoms in total. The van der Waals surface area contributed by atoms with Gasteiger partial charge in [-0.15, -0.1) is 0 Å². The summed E-state index contributed by atoms with van der Waals surface area (Å²) in [4.78, 5) is 56.5. The van der Waals surface area contributed by atoms with Crippen LogP contribution in [0.3, 0.4) is 0 Å². The van der Waals surface area contributed by atoms with E-state index in [9.17, 15) is 19.2 Å². The normalized spacial score (nSPS) is 13.6. The summed E-state index contributed by atoms with van der Waals surface area (Å²) in [6.07, 6.45) is 4.24. The van der Waals surface area contributed by atoms with E-state index in [1.165, 1.54) is 7.11 Å². The molecule has 2 heterocycles. The average Bonchev–Trinajstić information content (AvgIpc) is 3.93. The van der Waals surface area contributed by atoms with Crippen LogP contribution < -0.4 is 15.5 Å². The monoisotopic (exact) mass is 675 g/mol. The Bertz CT molecular complexity index is 1570. The van der Waals surface area contributed by atoms with Crippen LogP contribution in [0.25, 0.3) is 0 Å². The van der Waals surface area contributed by atoms with E-state index < -0.39 is 0 Å². The van der Waals surface area contributed by atoms with Crippen molar-refractivity contribution in [3.63, 3.8) is 0 Å².